The molecule has 0 fully saturated rings. The fraction of sp³-hybridized carbons (Fsp3) is 0.263. The van der Waals surface area contributed by atoms with Crippen LogP contribution in [-0.4, -0.2) is 11.7 Å². The van der Waals surface area contributed by atoms with E-state index >= 15 is 0 Å². The number of nitrogens with one attached hydrogen (secondary N) is 2. The number of H-pyrrole nitrogens is 1. The summed E-state index contributed by atoms with van der Waals surface area (Å²) in [6, 6.07) is 11.3. The minimum absolute atomic E-state index is 0.113. The van der Waals surface area contributed by atoms with Crippen LogP contribution >= 0.6 is 11.8 Å². The highest BCUT2D eigenvalue weighted by Crippen LogP contribution is 2.28. The number of pyridine rings is 1. The van der Waals surface area contributed by atoms with E-state index in [4.69, 9.17) is 11.0 Å². The van der Waals surface area contributed by atoms with Crippen LogP contribution < -0.4 is 16.0 Å². The first kappa shape index (κ1) is 19.3. The van der Waals surface area contributed by atoms with Crippen LogP contribution in [0, 0.1) is 29.6 Å². The number of nitrogens with zero attached hydrogens (tertiary/aromatic N) is 2. The van der Waals surface area contributed by atoms with Crippen LogP contribution in [0.1, 0.15) is 42.0 Å². The summed E-state index contributed by atoms with van der Waals surface area (Å²) in [5, 5.41) is 21.6. The number of nitrogens with two attached hydrogens (primary N) is 1. The first-order valence-corrected chi connectivity index (χ1v) is 9.04. The fourth-order valence-corrected chi connectivity index (χ4v) is 3.28. The lowest BCUT2D eigenvalue weighted by Gasteiger charge is -2.16. The molecule has 0 bridgehead atoms. The van der Waals surface area contributed by atoms with Crippen molar-refractivity contribution in [3.63, 3.8) is 0 Å². The number of aromatic amines is 1. The van der Waals surface area contributed by atoms with Gasteiger partial charge in [0.25, 0.3) is 5.82 Å². The molecule has 132 valence electrons. The summed E-state index contributed by atoms with van der Waals surface area (Å²) < 4.78 is 0. The van der Waals surface area contributed by atoms with Gasteiger partial charge in [-0.15, -0.1) is 0 Å². The summed E-state index contributed by atoms with van der Waals surface area (Å²) in [4.78, 5) is 15.2. The molecule has 6 nitrogen and oxygen atoms in total. The molecule has 0 spiro atoms. The van der Waals surface area contributed by atoms with Crippen LogP contribution in [0.4, 0.5) is 11.5 Å². The Labute approximate surface area is 157 Å². The van der Waals surface area contributed by atoms with Gasteiger partial charge in [0.2, 0.25) is 5.91 Å². The summed E-state index contributed by atoms with van der Waals surface area (Å²) in [6.45, 7) is 6.11. The average Bonchev–Trinajstić information content (AvgIpc) is 2.61. The minimum Gasteiger partial charge on any atom is -0.325 e. The third-order valence-corrected chi connectivity index (χ3v) is 4.87. The third-order valence-electron chi connectivity index (χ3n) is 3.85. The lowest BCUT2D eigenvalue weighted by molar-refractivity contribution is -0.410. The largest absolute Gasteiger partial charge is 0.325 e. The predicted molar refractivity (Wildman–Crippen MR) is 101 cm³/mol. The smallest absolute Gasteiger partial charge is 0.289 e. The molecule has 26 heavy (non-hydrogen) atoms. The molecule has 4 N–H and O–H groups in total. The standard InChI is InChI=1S/C19H19N5OS/c1-11(2)15-6-4-5-12(3)17(15)23-16(25)10-26-19-14(9-21)7-13(8-20)18(22)24-19/h4-7,11H,10H2,1-3H3,(H2,22,24)(H,23,25)/p+1. The molecule has 0 saturated heterocycles. The van der Waals surface area contributed by atoms with Gasteiger partial charge in [0.05, 0.1) is 5.75 Å². The summed E-state index contributed by atoms with van der Waals surface area (Å²) in [6.07, 6.45) is 0. The average molecular weight is 366 g/mol. The first-order valence-electron chi connectivity index (χ1n) is 8.05. The molecule has 0 aliphatic heterocycles. The van der Waals surface area contributed by atoms with Crippen LogP contribution in [0.5, 0.6) is 0 Å². The number of aromatic nitrogens is 1. The van der Waals surface area contributed by atoms with E-state index in [1.807, 2.05) is 37.3 Å². The number of anilines is 2. The molecule has 0 radical (unpaired) electrons. The Bertz CT molecular complexity index is 925. The van der Waals surface area contributed by atoms with Gasteiger partial charge in [0, 0.05) is 5.69 Å². The molecule has 1 amide bonds. The van der Waals surface area contributed by atoms with E-state index in [0.29, 0.717) is 5.03 Å². The Morgan fingerprint density at radius 1 is 1.31 bits per heavy atom. The Hall–Kier alpha value is -3.03. The summed E-state index contributed by atoms with van der Waals surface area (Å²) in [5.41, 5.74) is 9.16. The SMILES string of the molecule is Cc1cccc(C(C)C)c1NC(=O)CSc1[nH+]c(N)c(C#N)cc1C#N. The van der Waals surface area contributed by atoms with E-state index in [2.05, 4.69) is 24.1 Å². The van der Waals surface area contributed by atoms with Gasteiger partial charge in [-0.3, -0.25) is 10.5 Å². The number of aryl methyl sites for hydroxylation is 1. The number of benzene rings is 1. The van der Waals surface area contributed by atoms with Gasteiger partial charge < -0.3 is 5.32 Å². The molecule has 0 atom stereocenters. The van der Waals surface area contributed by atoms with E-state index in [0.717, 1.165) is 16.8 Å². The molecular formula is C19H20N5OS+. The monoisotopic (exact) mass is 366 g/mol. The Morgan fingerprint density at radius 2 is 2.00 bits per heavy atom. The minimum atomic E-state index is -0.175. The molecule has 1 aromatic heterocycles. The molecule has 2 rings (SSSR count). The molecule has 0 aliphatic carbocycles. The maximum atomic E-state index is 12.4. The van der Waals surface area contributed by atoms with Gasteiger partial charge >= 0.3 is 0 Å². The number of para-hydroxylation sites is 1. The molecule has 0 saturated carbocycles. The zero-order valence-electron chi connectivity index (χ0n) is 14.9. The number of amides is 1. The Balaban J connectivity index is 2.15. The molecule has 7 heteroatoms. The number of nitriles is 2. The van der Waals surface area contributed by atoms with Gasteiger partial charge in [-0.05, 0) is 30.0 Å². The van der Waals surface area contributed by atoms with E-state index in [-0.39, 0.29) is 34.5 Å². The maximum absolute atomic E-state index is 12.4. The number of rotatable bonds is 5. The highest BCUT2D eigenvalue weighted by Gasteiger charge is 2.17. The summed E-state index contributed by atoms with van der Waals surface area (Å²) >= 11 is 1.17. The van der Waals surface area contributed by atoms with Crippen molar-refractivity contribution in [3.05, 3.63) is 46.5 Å². The predicted octanol–water partition coefficient (Wildman–Crippen LogP) is 2.99. The van der Waals surface area contributed by atoms with Crippen LogP contribution in [0.3, 0.4) is 0 Å². The molecule has 0 unspecified atom stereocenters. The van der Waals surface area contributed by atoms with E-state index in [1.54, 1.807) is 0 Å². The van der Waals surface area contributed by atoms with Gasteiger partial charge in [-0.25, -0.2) is 4.98 Å². The van der Waals surface area contributed by atoms with E-state index < -0.39 is 0 Å². The van der Waals surface area contributed by atoms with Crippen LogP contribution in [0.15, 0.2) is 29.3 Å². The van der Waals surface area contributed by atoms with Crippen LogP contribution in [0.25, 0.3) is 0 Å². The molecule has 2 aromatic rings. The molecule has 1 aromatic carbocycles. The number of hydrogen-bond donors (Lipinski definition) is 2. The van der Waals surface area contributed by atoms with Gasteiger partial charge in [-0.1, -0.05) is 43.8 Å². The van der Waals surface area contributed by atoms with Crippen molar-refractivity contribution in [1.82, 2.24) is 0 Å². The number of carbonyl (C=O) groups is 1. The van der Waals surface area contributed by atoms with Crippen molar-refractivity contribution < 1.29 is 9.78 Å². The van der Waals surface area contributed by atoms with Crippen LogP contribution in [0.2, 0.25) is 0 Å². The highest BCUT2D eigenvalue weighted by atomic mass is 32.2. The van der Waals surface area contributed by atoms with Gasteiger partial charge in [0.1, 0.15) is 23.3 Å². The first-order chi connectivity index (χ1) is 12.4. The zero-order valence-corrected chi connectivity index (χ0v) is 15.7. The normalized spacial score (nSPS) is 10.2. The van der Waals surface area contributed by atoms with Crippen LogP contribution in [-0.2, 0) is 4.79 Å². The van der Waals surface area contributed by atoms with Crippen molar-refractivity contribution in [2.75, 3.05) is 16.8 Å². The van der Waals surface area contributed by atoms with Gasteiger partial charge in [0.15, 0.2) is 5.03 Å². The zero-order chi connectivity index (χ0) is 19.3. The van der Waals surface area contributed by atoms with Crippen molar-refractivity contribution in [2.45, 2.75) is 31.7 Å². The molecule has 1 heterocycles. The maximum Gasteiger partial charge on any atom is 0.289 e. The number of nitrogen functional groups attached to an aromatic ring is 1. The lowest BCUT2D eigenvalue weighted by atomic mass is 9.98. The highest BCUT2D eigenvalue weighted by molar-refractivity contribution is 7.99. The summed E-state index contributed by atoms with van der Waals surface area (Å²) in [5.74, 6) is 0.402. The summed E-state index contributed by atoms with van der Waals surface area (Å²) in [7, 11) is 0. The second-order valence-electron chi connectivity index (χ2n) is 6.09. The van der Waals surface area contributed by atoms with E-state index in [1.165, 1.54) is 17.8 Å². The third kappa shape index (κ3) is 4.33. The molecule has 0 aliphatic rings. The Morgan fingerprint density at radius 3 is 2.62 bits per heavy atom. The van der Waals surface area contributed by atoms with Crippen molar-refractivity contribution in [3.8, 4) is 12.1 Å². The second kappa shape index (κ2) is 8.37. The van der Waals surface area contributed by atoms with Crippen molar-refractivity contribution in [2.24, 2.45) is 0 Å². The van der Waals surface area contributed by atoms with Crippen molar-refractivity contribution >= 4 is 29.2 Å². The van der Waals surface area contributed by atoms with E-state index in [9.17, 15) is 10.1 Å². The second-order valence-corrected chi connectivity index (χ2v) is 7.08. The number of thioether (sulfide) groups is 1. The topological polar surface area (TPSA) is 117 Å². The lowest BCUT2D eigenvalue weighted by Crippen LogP contribution is -2.20. The number of hydrogen-bond acceptors (Lipinski definition) is 5. The quantitative estimate of drug-likeness (QED) is 0.789. The van der Waals surface area contributed by atoms with Gasteiger partial charge in [-0.2, -0.15) is 10.5 Å². The fourth-order valence-electron chi connectivity index (χ4n) is 2.49. The molecular weight excluding hydrogens is 346 g/mol. The number of carbonyl (C=O) groups excluding carboxylic acids is 1. The Kier molecular flexibility index (Phi) is 6.21. The van der Waals surface area contributed by atoms with Crippen molar-refractivity contribution in [1.29, 1.82) is 10.5 Å².